The zero-order chi connectivity index (χ0) is 31.2. The van der Waals surface area contributed by atoms with Gasteiger partial charge in [-0.05, 0) is 57.6 Å². The van der Waals surface area contributed by atoms with E-state index >= 15 is 0 Å². The highest BCUT2D eigenvalue weighted by Crippen LogP contribution is 2.35. The van der Waals surface area contributed by atoms with Crippen molar-refractivity contribution in [2.45, 2.75) is 82.5 Å². The largest absolute Gasteiger partial charge is 0.496 e. The molecule has 1 aliphatic heterocycles. The van der Waals surface area contributed by atoms with E-state index in [9.17, 15) is 9.59 Å². The summed E-state index contributed by atoms with van der Waals surface area (Å²) >= 11 is 0. The molecule has 0 spiro atoms. The molecule has 10 nitrogen and oxygen atoms in total. The summed E-state index contributed by atoms with van der Waals surface area (Å²) in [6.45, 7) is 4.84. The first-order valence-corrected chi connectivity index (χ1v) is 16.5. The van der Waals surface area contributed by atoms with Crippen molar-refractivity contribution in [3.05, 3.63) is 66.1 Å². The fourth-order valence-electron chi connectivity index (χ4n) is 6.91. The van der Waals surface area contributed by atoms with Gasteiger partial charge < -0.3 is 34.9 Å². The second-order valence-electron chi connectivity index (χ2n) is 12.5. The first kappa shape index (κ1) is 31.0. The summed E-state index contributed by atoms with van der Waals surface area (Å²) < 4.78 is 13.3. The lowest BCUT2D eigenvalue weighted by Crippen LogP contribution is -2.54. The summed E-state index contributed by atoms with van der Waals surface area (Å²) in [5.74, 6) is 0.798. The van der Waals surface area contributed by atoms with E-state index in [0.717, 1.165) is 99.3 Å². The third-order valence-corrected chi connectivity index (χ3v) is 9.67. The van der Waals surface area contributed by atoms with Crippen molar-refractivity contribution in [2.24, 2.45) is 0 Å². The van der Waals surface area contributed by atoms with Crippen LogP contribution in [0.2, 0.25) is 0 Å². The summed E-state index contributed by atoms with van der Waals surface area (Å²) in [5, 5.41) is 10.2. The number of imidazole rings is 1. The fraction of sp³-hybridized carbons (Fsp3) is 0.514. The van der Waals surface area contributed by atoms with Crippen LogP contribution < -0.4 is 20.7 Å². The predicted molar refractivity (Wildman–Crippen MR) is 175 cm³/mol. The first-order valence-electron chi connectivity index (χ1n) is 16.5. The Labute approximate surface area is 265 Å². The minimum atomic E-state index is -0.337. The van der Waals surface area contributed by atoms with Gasteiger partial charge in [-0.25, -0.2) is 9.78 Å². The Balaban J connectivity index is 1.23. The Bertz CT molecular complexity index is 1460. The molecule has 0 bridgehead atoms. The first-order chi connectivity index (χ1) is 22.0. The van der Waals surface area contributed by atoms with Gasteiger partial charge in [-0.1, -0.05) is 49.2 Å². The molecule has 3 atom stereocenters. The molecule has 3 aliphatic rings. The number of nitrogens with zero attached hydrogens (tertiary/aromatic N) is 3. The average molecular weight is 615 g/mol. The highest BCUT2D eigenvalue weighted by Gasteiger charge is 2.35. The monoisotopic (exact) mass is 614 g/mol. The number of piperazine rings is 1. The molecule has 6 rings (SSSR count). The van der Waals surface area contributed by atoms with E-state index in [0.29, 0.717) is 12.2 Å². The summed E-state index contributed by atoms with van der Waals surface area (Å²) in [5.41, 5.74) is 4.33. The summed E-state index contributed by atoms with van der Waals surface area (Å²) in [4.78, 5) is 34.0. The number of rotatable bonds is 10. The van der Waals surface area contributed by atoms with E-state index in [2.05, 4.69) is 26.6 Å². The quantitative estimate of drug-likeness (QED) is 0.275. The number of amides is 2. The highest BCUT2D eigenvalue weighted by atomic mass is 16.6. The number of benzene rings is 2. The lowest BCUT2D eigenvalue weighted by atomic mass is 9.89. The van der Waals surface area contributed by atoms with Gasteiger partial charge in [0.1, 0.15) is 11.9 Å². The van der Waals surface area contributed by atoms with E-state index < -0.39 is 0 Å². The Morgan fingerprint density at radius 1 is 1.02 bits per heavy atom. The minimum absolute atomic E-state index is 0.0174. The van der Waals surface area contributed by atoms with Crippen LogP contribution in [-0.2, 0) is 4.74 Å². The van der Waals surface area contributed by atoms with E-state index in [-0.39, 0.29) is 36.2 Å². The molecule has 1 saturated heterocycles. The van der Waals surface area contributed by atoms with Crippen LogP contribution in [0.5, 0.6) is 5.75 Å². The Kier molecular flexibility index (Phi) is 9.88. The SMILES string of the molecule is COc1cccc(NCC[C@@H]2CNCCN2C(=O)c2ncn([C@H]3CCCC[C@@H]3NC(=O)OC3CCC3)c2-c2ccccc2)c1C. The number of hydrogen-bond acceptors (Lipinski definition) is 7. The number of hydrogen-bond donors (Lipinski definition) is 3. The van der Waals surface area contributed by atoms with Gasteiger partial charge in [-0.15, -0.1) is 0 Å². The summed E-state index contributed by atoms with van der Waals surface area (Å²) in [6.07, 6.45) is 9.13. The van der Waals surface area contributed by atoms with Gasteiger partial charge in [-0.2, -0.15) is 0 Å². The summed E-state index contributed by atoms with van der Waals surface area (Å²) in [6, 6.07) is 15.9. The molecule has 2 amide bonds. The maximum atomic E-state index is 14.4. The maximum absolute atomic E-state index is 14.4. The van der Waals surface area contributed by atoms with Crippen LogP contribution >= 0.6 is 0 Å². The molecule has 3 N–H and O–H groups in total. The van der Waals surface area contributed by atoms with Gasteiger partial charge in [0.25, 0.3) is 5.91 Å². The molecular formula is C35H46N6O4. The topological polar surface area (TPSA) is 110 Å². The fourth-order valence-corrected chi connectivity index (χ4v) is 6.91. The third-order valence-electron chi connectivity index (χ3n) is 9.67. The second kappa shape index (κ2) is 14.4. The Morgan fingerprint density at radius 2 is 1.84 bits per heavy atom. The molecule has 0 unspecified atom stereocenters. The molecule has 1 aromatic heterocycles. The van der Waals surface area contributed by atoms with Crippen molar-refractivity contribution in [3.63, 3.8) is 0 Å². The number of alkyl carbamates (subject to hydrolysis) is 1. The van der Waals surface area contributed by atoms with Crippen molar-refractivity contribution in [1.82, 2.24) is 25.1 Å². The van der Waals surface area contributed by atoms with Crippen LogP contribution in [0.3, 0.4) is 0 Å². The number of nitrogens with one attached hydrogen (secondary N) is 3. The minimum Gasteiger partial charge on any atom is -0.496 e. The Hall–Kier alpha value is -4.05. The highest BCUT2D eigenvalue weighted by molar-refractivity contribution is 5.98. The number of carbonyl (C=O) groups is 2. The molecular weight excluding hydrogens is 568 g/mol. The van der Waals surface area contributed by atoms with E-state index in [1.54, 1.807) is 7.11 Å². The molecule has 3 aromatic rings. The van der Waals surface area contributed by atoms with Crippen molar-refractivity contribution in [2.75, 3.05) is 38.6 Å². The molecule has 240 valence electrons. The molecule has 0 radical (unpaired) electrons. The van der Waals surface area contributed by atoms with Gasteiger partial charge in [0, 0.05) is 49.0 Å². The molecule has 2 saturated carbocycles. The van der Waals surface area contributed by atoms with Crippen molar-refractivity contribution in [1.29, 1.82) is 0 Å². The zero-order valence-electron chi connectivity index (χ0n) is 26.5. The van der Waals surface area contributed by atoms with E-state index in [1.807, 2.05) is 60.6 Å². The average Bonchev–Trinajstić information content (AvgIpc) is 3.49. The standard InChI is InChI=1S/C35H46N6O4/c1-24-28(15-9-17-31(24)44-2)37-19-18-26-22-36-20-21-40(26)34(42)32-33(25-10-4-3-5-11-25)41(23-38-32)30-16-7-6-14-29(30)39-35(43)45-27-12-8-13-27/h3-5,9-11,15,17,23,26-27,29-30,36-37H,6-8,12-14,16,18-22H2,1-2H3,(H,39,43)/t26-,29+,30+/m1/s1. The lowest BCUT2D eigenvalue weighted by Gasteiger charge is -2.37. The third kappa shape index (κ3) is 6.96. The molecule has 2 aliphatic carbocycles. The van der Waals surface area contributed by atoms with Crippen LogP contribution in [0.25, 0.3) is 11.3 Å². The van der Waals surface area contributed by atoms with Crippen molar-refractivity contribution in [3.8, 4) is 17.0 Å². The van der Waals surface area contributed by atoms with Gasteiger partial charge in [0.2, 0.25) is 0 Å². The second-order valence-corrected chi connectivity index (χ2v) is 12.5. The van der Waals surface area contributed by atoms with Crippen LogP contribution in [0.4, 0.5) is 10.5 Å². The van der Waals surface area contributed by atoms with E-state index in [4.69, 9.17) is 14.5 Å². The maximum Gasteiger partial charge on any atom is 0.407 e. The number of carbonyl (C=O) groups excluding carboxylic acids is 2. The molecule has 2 heterocycles. The van der Waals surface area contributed by atoms with Crippen LogP contribution in [0.15, 0.2) is 54.9 Å². The van der Waals surface area contributed by atoms with E-state index in [1.165, 1.54) is 0 Å². The molecule has 45 heavy (non-hydrogen) atoms. The van der Waals surface area contributed by atoms with Crippen molar-refractivity contribution < 1.29 is 19.1 Å². The van der Waals surface area contributed by atoms with Crippen LogP contribution in [-0.4, -0.2) is 77.9 Å². The van der Waals surface area contributed by atoms with Gasteiger partial charge >= 0.3 is 6.09 Å². The number of methoxy groups -OCH3 is 1. The molecule has 2 aromatic carbocycles. The van der Waals surface area contributed by atoms with Crippen LogP contribution in [0, 0.1) is 6.92 Å². The molecule has 10 heteroatoms. The van der Waals surface area contributed by atoms with Crippen LogP contribution in [0.1, 0.15) is 73.5 Å². The van der Waals surface area contributed by atoms with Gasteiger partial charge in [0.05, 0.1) is 31.2 Å². The Morgan fingerprint density at radius 3 is 2.62 bits per heavy atom. The molecule has 3 fully saturated rings. The smallest absolute Gasteiger partial charge is 0.407 e. The predicted octanol–water partition coefficient (Wildman–Crippen LogP) is 5.55. The number of ether oxygens (including phenoxy) is 2. The van der Waals surface area contributed by atoms with Gasteiger partial charge in [-0.3, -0.25) is 4.79 Å². The van der Waals surface area contributed by atoms with Gasteiger partial charge in [0.15, 0.2) is 5.69 Å². The summed E-state index contributed by atoms with van der Waals surface area (Å²) in [7, 11) is 1.68. The normalized spacial score (nSPS) is 21.9. The number of anilines is 1. The van der Waals surface area contributed by atoms with Crippen molar-refractivity contribution >= 4 is 17.7 Å². The zero-order valence-corrected chi connectivity index (χ0v) is 26.5. The number of aromatic nitrogens is 2. The lowest BCUT2D eigenvalue weighted by molar-refractivity contribution is 0.0474.